The van der Waals surface area contributed by atoms with Crippen molar-refractivity contribution in [3.8, 4) is 17.2 Å². The first-order valence-corrected chi connectivity index (χ1v) is 14.3. The topological polar surface area (TPSA) is 109 Å². The number of allylic oxidation sites excluding steroid dienone is 3. The minimum Gasteiger partial charge on any atom is -0.493 e. The highest BCUT2D eigenvalue weighted by molar-refractivity contribution is 6.04. The fraction of sp³-hybridized carbons (Fsp3) is 0.286. The summed E-state index contributed by atoms with van der Waals surface area (Å²) in [7, 11) is 4.48. The molecule has 228 valence electrons. The van der Waals surface area contributed by atoms with E-state index in [9.17, 15) is 14.4 Å². The first kappa shape index (κ1) is 30.4. The van der Waals surface area contributed by atoms with Crippen molar-refractivity contribution in [2.75, 3.05) is 34.5 Å². The van der Waals surface area contributed by atoms with Crippen LogP contribution < -0.4 is 19.5 Å². The van der Waals surface area contributed by atoms with E-state index in [2.05, 4.69) is 5.32 Å². The maximum absolute atomic E-state index is 14.0. The maximum Gasteiger partial charge on any atom is 0.337 e. The zero-order valence-corrected chi connectivity index (χ0v) is 25.2. The van der Waals surface area contributed by atoms with Gasteiger partial charge < -0.3 is 29.0 Å². The Morgan fingerprint density at radius 2 is 1.52 bits per heavy atom. The Bertz CT molecular complexity index is 1610. The predicted molar refractivity (Wildman–Crippen MR) is 163 cm³/mol. The molecule has 2 aliphatic rings. The molecule has 0 bridgehead atoms. The van der Waals surface area contributed by atoms with E-state index in [-0.39, 0.29) is 31.3 Å². The normalized spacial score (nSPS) is 17.8. The smallest absolute Gasteiger partial charge is 0.337 e. The van der Waals surface area contributed by atoms with Crippen molar-refractivity contribution < 1.29 is 38.1 Å². The van der Waals surface area contributed by atoms with Crippen LogP contribution in [0.25, 0.3) is 0 Å². The molecule has 1 N–H and O–H groups in total. The minimum atomic E-state index is -0.681. The molecule has 1 heterocycles. The number of dihydropyridines is 1. The number of benzene rings is 3. The fourth-order valence-corrected chi connectivity index (χ4v) is 5.80. The molecule has 44 heavy (non-hydrogen) atoms. The number of esters is 2. The van der Waals surface area contributed by atoms with Gasteiger partial charge in [-0.25, -0.2) is 9.59 Å². The highest BCUT2D eigenvalue weighted by atomic mass is 16.6. The summed E-state index contributed by atoms with van der Waals surface area (Å²) in [5.41, 5.74) is 4.22. The number of para-hydroxylation sites is 1. The molecule has 0 unspecified atom stereocenters. The van der Waals surface area contributed by atoms with Crippen LogP contribution in [0.5, 0.6) is 17.2 Å². The monoisotopic (exact) mass is 597 g/mol. The molecule has 0 saturated heterocycles. The van der Waals surface area contributed by atoms with Gasteiger partial charge in [0.15, 0.2) is 17.3 Å². The Morgan fingerprint density at radius 3 is 2.20 bits per heavy atom. The van der Waals surface area contributed by atoms with Crippen LogP contribution in [0.2, 0.25) is 0 Å². The minimum absolute atomic E-state index is 0.0275. The molecular formula is C35H35NO8. The molecule has 0 amide bonds. The van der Waals surface area contributed by atoms with Crippen molar-refractivity contribution in [2.24, 2.45) is 0 Å². The van der Waals surface area contributed by atoms with E-state index < -0.39 is 17.9 Å². The number of ketones is 1. The predicted octanol–water partition coefficient (Wildman–Crippen LogP) is 5.47. The summed E-state index contributed by atoms with van der Waals surface area (Å²) in [6.45, 7) is 2.01. The zero-order chi connectivity index (χ0) is 31.2. The van der Waals surface area contributed by atoms with E-state index in [1.165, 1.54) is 7.11 Å². The number of rotatable bonds is 10. The first-order valence-electron chi connectivity index (χ1n) is 14.3. The number of methoxy groups -OCH3 is 3. The Kier molecular flexibility index (Phi) is 9.33. The largest absolute Gasteiger partial charge is 0.493 e. The lowest BCUT2D eigenvalue weighted by atomic mass is 9.71. The molecule has 0 spiro atoms. The first-order chi connectivity index (χ1) is 21.3. The summed E-state index contributed by atoms with van der Waals surface area (Å²) in [6, 6.07) is 21.7. The quantitative estimate of drug-likeness (QED) is 0.240. The van der Waals surface area contributed by atoms with Gasteiger partial charge in [0.05, 0.1) is 32.5 Å². The van der Waals surface area contributed by atoms with Gasteiger partial charge in [-0.3, -0.25) is 4.79 Å². The number of hydrogen-bond donors (Lipinski definition) is 1. The zero-order valence-electron chi connectivity index (χ0n) is 25.2. The molecule has 3 aromatic carbocycles. The third-order valence-corrected chi connectivity index (χ3v) is 7.92. The van der Waals surface area contributed by atoms with Crippen molar-refractivity contribution >= 4 is 17.7 Å². The second-order valence-electron chi connectivity index (χ2n) is 10.5. The van der Waals surface area contributed by atoms with Crippen LogP contribution >= 0.6 is 0 Å². The number of Topliss-reactive ketones (excluding diaryl/α,β-unsaturated/α-hetero) is 1. The lowest BCUT2D eigenvalue weighted by molar-refractivity contribution is -0.140. The fourth-order valence-electron chi connectivity index (χ4n) is 5.80. The van der Waals surface area contributed by atoms with Crippen LogP contribution in [-0.2, 0) is 19.1 Å². The Labute approximate surface area is 256 Å². The number of hydrogen-bond acceptors (Lipinski definition) is 9. The van der Waals surface area contributed by atoms with Crippen molar-refractivity contribution in [2.45, 2.75) is 31.6 Å². The van der Waals surface area contributed by atoms with Gasteiger partial charge in [-0.2, -0.15) is 0 Å². The van der Waals surface area contributed by atoms with Crippen molar-refractivity contribution in [3.63, 3.8) is 0 Å². The van der Waals surface area contributed by atoms with Gasteiger partial charge in [-0.1, -0.05) is 36.4 Å². The highest BCUT2D eigenvalue weighted by Gasteiger charge is 2.41. The second kappa shape index (κ2) is 13.5. The molecule has 9 nitrogen and oxygen atoms in total. The molecule has 9 heteroatoms. The van der Waals surface area contributed by atoms with Gasteiger partial charge in [0.25, 0.3) is 0 Å². The molecule has 3 aromatic rings. The summed E-state index contributed by atoms with van der Waals surface area (Å²) < 4.78 is 27.1. The molecule has 0 radical (unpaired) electrons. The van der Waals surface area contributed by atoms with Gasteiger partial charge in [-0.05, 0) is 66.8 Å². The molecule has 2 atom stereocenters. The highest BCUT2D eigenvalue weighted by Crippen LogP contribution is 2.46. The molecule has 0 saturated carbocycles. The summed E-state index contributed by atoms with van der Waals surface area (Å²) in [6.07, 6.45) is 0.802. The molecule has 1 aliphatic heterocycles. The van der Waals surface area contributed by atoms with Gasteiger partial charge in [-0.15, -0.1) is 0 Å². The van der Waals surface area contributed by atoms with Gasteiger partial charge in [0.2, 0.25) is 0 Å². The number of ether oxygens (including phenoxy) is 5. The third kappa shape index (κ3) is 6.32. The summed E-state index contributed by atoms with van der Waals surface area (Å²) in [5.74, 6) is -0.00512. The van der Waals surface area contributed by atoms with Gasteiger partial charge in [0.1, 0.15) is 19.0 Å². The average Bonchev–Trinajstić information content (AvgIpc) is 3.05. The summed E-state index contributed by atoms with van der Waals surface area (Å²) >= 11 is 0. The van der Waals surface area contributed by atoms with E-state index in [4.69, 9.17) is 23.7 Å². The third-order valence-electron chi connectivity index (χ3n) is 7.92. The Balaban J connectivity index is 1.45. The van der Waals surface area contributed by atoms with Gasteiger partial charge in [0, 0.05) is 29.3 Å². The van der Waals surface area contributed by atoms with E-state index in [1.807, 2.05) is 48.5 Å². The lowest BCUT2D eigenvalue weighted by Gasteiger charge is -2.36. The number of carbonyl (C=O) groups is 3. The summed E-state index contributed by atoms with van der Waals surface area (Å²) in [5, 5.41) is 3.36. The van der Waals surface area contributed by atoms with E-state index in [0.29, 0.717) is 51.6 Å². The van der Waals surface area contributed by atoms with Crippen LogP contribution in [0.3, 0.4) is 0 Å². The van der Waals surface area contributed by atoms with Gasteiger partial charge >= 0.3 is 11.9 Å². The summed E-state index contributed by atoms with van der Waals surface area (Å²) in [4.78, 5) is 39.7. The lowest BCUT2D eigenvalue weighted by Crippen LogP contribution is -2.36. The van der Waals surface area contributed by atoms with E-state index in [0.717, 1.165) is 11.3 Å². The van der Waals surface area contributed by atoms with Crippen LogP contribution in [0.1, 0.15) is 53.1 Å². The average molecular weight is 598 g/mol. The standard InChI is InChI=1S/C35H35NO8/c1-21-31(35(39)44-17-16-43-26-8-6-5-7-9-26)32(22-10-12-23(13-11-22)34(38)42-4)33-27(36-21)18-25(19-28(33)37)24-14-15-29(40-2)30(20-24)41-3/h5-15,20,25,32,36H,16-19H2,1-4H3/t25-,32-/m1/s1. The molecule has 0 aromatic heterocycles. The van der Waals surface area contributed by atoms with Crippen molar-refractivity contribution in [1.82, 2.24) is 5.32 Å². The van der Waals surface area contributed by atoms with Crippen LogP contribution in [0.4, 0.5) is 0 Å². The van der Waals surface area contributed by atoms with Crippen molar-refractivity contribution in [1.29, 1.82) is 0 Å². The van der Waals surface area contributed by atoms with E-state index >= 15 is 0 Å². The van der Waals surface area contributed by atoms with Crippen molar-refractivity contribution in [3.05, 3.63) is 112 Å². The Morgan fingerprint density at radius 1 is 0.818 bits per heavy atom. The van der Waals surface area contributed by atoms with E-state index in [1.54, 1.807) is 45.4 Å². The molecular weight excluding hydrogens is 562 g/mol. The van der Waals surface area contributed by atoms with Crippen LogP contribution in [-0.4, -0.2) is 52.3 Å². The molecule has 1 aliphatic carbocycles. The maximum atomic E-state index is 14.0. The number of carbonyl (C=O) groups excluding carboxylic acids is 3. The SMILES string of the molecule is COC(=O)c1ccc([C@@H]2C(C(=O)OCCOc3ccccc3)=C(C)NC3=C2C(=O)C[C@H](c2ccc(OC)c(OC)c2)C3)cc1. The van der Waals surface area contributed by atoms with Crippen LogP contribution in [0, 0.1) is 0 Å². The van der Waals surface area contributed by atoms with Crippen LogP contribution in [0.15, 0.2) is 95.3 Å². The molecule has 0 fully saturated rings. The second-order valence-corrected chi connectivity index (χ2v) is 10.5. The molecule has 5 rings (SSSR count). The Hall–Kier alpha value is -5.05. The number of nitrogens with one attached hydrogen (secondary N) is 1.